The minimum absolute atomic E-state index is 0.0330. The number of aromatic nitrogens is 4. The Morgan fingerprint density at radius 3 is 2.86 bits per heavy atom. The first-order valence-corrected chi connectivity index (χ1v) is 3.76. The lowest BCUT2D eigenvalue weighted by atomic mass is 10.3. The van der Waals surface area contributed by atoms with Gasteiger partial charge in [0.1, 0.15) is 10.7 Å². The Morgan fingerprint density at radius 1 is 1.36 bits per heavy atom. The Kier molecular flexibility index (Phi) is 1.77. The Balaban J connectivity index is 2.75. The molecule has 14 heavy (non-hydrogen) atoms. The zero-order chi connectivity index (χ0) is 10.1. The molecule has 0 amide bonds. The SMILES string of the molecule is COc1ccc2c(c1)n[n+]([O-])n[n+]2[O-]. The van der Waals surface area contributed by atoms with E-state index in [1.54, 1.807) is 6.07 Å². The van der Waals surface area contributed by atoms with Crippen molar-refractivity contribution in [3.8, 4) is 5.75 Å². The average Bonchev–Trinajstić information content (AvgIpc) is 2.16. The van der Waals surface area contributed by atoms with E-state index in [0.717, 1.165) is 0 Å². The molecule has 1 heterocycles. The molecular weight excluding hydrogens is 188 g/mol. The second-order valence-electron chi connectivity index (χ2n) is 2.57. The van der Waals surface area contributed by atoms with Crippen molar-refractivity contribution < 1.29 is 14.5 Å². The summed E-state index contributed by atoms with van der Waals surface area (Å²) in [6.45, 7) is 0. The van der Waals surface area contributed by atoms with Crippen LogP contribution in [0.3, 0.4) is 0 Å². The number of benzene rings is 1. The van der Waals surface area contributed by atoms with Crippen LogP contribution >= 0.6 is 0 Å². The summed E-state index contributed by atoms with van der Waals surface area (Å²) in [7, 11) is 1.48. The maximum Gasteiger partial charge on any atom is 0.326 e. The van der Waals surface area contributed by atoms with Crippen LogP contribution in [0.2, 0.25) is 0 Å². The van der Waals surface area contributed by atoms with Gasteiger partial charge in [0, 0.05) is 17.0 Å². The highest BCUT2D eigenvalue weighted by atomic mass is 16.6. The first-order valence-electron chi connectivity index (χ1n) is 3.76. The van der Waals surface area contributed by atoms with Gasteiger partial charge in [0.25, 0.3) is 5.52 Å². The summed E-state index contributed by atoms with van der Waals surface area (Å²) in [6, 6.07) is 4.57. The molecule has 1 aromatic carbocycles. The van der Waals surface area contributed by atoms with E-state index >= 15 is 0 Å². The predicted molar refractivity (Wildman–Crippen MR) is 44.0 cm³/mol. The third-order valence-corrected chi connectivity index (χ3v) is 1.74. The number of methoxy groups -OCH3 is 1. The van der Waals surface area contributed by atoms with E-state index in [-0.39, 0.29) is 20.8 Å². The van der Waals surface area contributed by atoms with Crippen LogP contribution in [-0.2, 0) is 0 Å². The van der Waals surface area contributed by atoms with Crippen LogP contribution in [0.5, 0.6) is 5.75 Å². The highest BCUT2D eigenvalue weighted by Crippen LogP contribution is 2.14. The van der Waals surface area contributed by atoms with Gasteiger partial charge in [-0.15, -0.1) is 0 Å². The highest BCUT2D eigenvalue weighted by molar-refractivity contribution is 5.71. The fraction of sp³-hybridized carbons (Fsp3) is 0.143. The topological polar surface area (TPSA) is 88.9 Å². The van der Waals surface area contributed by atoms with E-state index < -0.39 is 0 Å². The van der Waals surface area contributed by atoms with Crippen molar-refractivity contribution >= 4 is 11.0 Å². The van der Waals surface area contributed by atoms with E-state index in [9.17, 15) is 10.4 Å². The molecule has 0 radical (unpaired) electrons. The Morgan fingerprint density at radius 2 is 2.14 bits per heavy atom. The molecule has 0 spiro atoms. The van der Waals surface area contributed by atoms with Crippen LogP contribution < -0.4 is 14.5 Å². The number of rotatable bonds is 1. The third-order valence-electron chi connectivity index (χ3n) is 1.74. The zero-order valence-corrected chi connectivity index (χ0v) is 7.25. The fourth-order valence-corrected chi connectivity index (χ4v) is 1.10. The van der Waals surface area contributed by atoms with Crippen molar-refractivity contribution in [2.75, 3.05) is 7.11 Å². The Labute approximate surface area is 78.3 Å². The monoisotopic (exact) mass is 194 g/mol. The standard InChI is InChI=1S/C7H6N4O3/c1-14-5-2-3-7-6(4-5)8-11(13)9-10(7)12/h2-4H,1H3. The molecule has 0 aliphatic carbocycles. The molecule has 0 aliphatic rings. The summed E-state index contributed by atoms with van der Waals surface area (Å²) < 4.78 is 4.92. The second-order valence-corrected chi connectivity index (χ2v) is 2.57. The van der Waals surface area contributed by atoms with E-state index in [1.165, 1.54) is 19.2 Å². The van der Waals surface area contributed by atoms with Crippen molar-refractivity contribution in [3.05, 3.63) is 28.6 Å². The summed E-state index contributed by atoms with van der Waals surface area (Å²) in [4.78, 5) is 0.184. The van der Waals surface area contributed by atoms with Gasteiger partial charge < -0.3 is 15.2 Å². The van der Waals surface area contributed by atoms with Gasteiger partial charge >= 0.3 is 5.21 Å². The van der Waals surface area contributed by atoms with Crippen molar-refractivity contribution in [1.29, 1.82) is 0 Å². The first-order chi connectivity index (χ1) is 6.70. The summed E-state index contributed by atoms with van der Waals surface area (Å²) in [5.41, 5.74) is 0.460. The molecule has 0 atom stereocenters. The highest BCUT2D eigenvalue weighted by Gasteiger charge is 2.13. The molecule has 2 aromatic rings. The summed E-state index contributed by atoms with van der Waals surface area (Å²) in [5, 5.41) is 28.4. The molecule has 0 N–H and O–H groups in total. The zero-order valence-electron chi connectivity index (χ0n) is 7.25. The smallest absolute Gasteiger partial charge is 0.326 e. The summed E-state index contributed by atoms with van der Waals surface area (Å²) in [5.74, 6) is 0.524. The molecule has 7 heteroatoms. The molecule has 0 aliphatic heterocycles. The minimum Gasteiger partial charge on any atom is -0.590 e. The van der Waals surface area contributed by atoms with Gasteiger partial charge in [-0.05, 0) is 6.07 Å². The van der Waals surface area contributed by atoms with Gasteiger partial charge in [-0.1, -0.05) is 0 Å². The molecule has 0 bridgehead atoms. The number of hydrogen-bond donors (Lipinski definition) is 0. The second kappa shape index (κ2) is 2.95. The first kappa shape index (κ1) is 8.42. The van der Waals surface area contributed by atoms with Crippen LogP contribution in [0, 0.1) is 10.4 Å². The largest absolute Gasteiger partial charge is 0.590 e. The molecule has 72 valence electrons. The van der Waals surface area contributed by atoms with E-state index in [0.29, 0.717) is 5.75 Å². The number of hydrogen-bond acceptors (Lipinski definition) is 5. The molecule has 0 saturated carbocycles. The predicted octanol–water partition coefficient (Wildman–Crippen LogP) is -1.09. The van der Waals surface area contributed by atoms with Crippen LogP contribution in [0.1, 0.15) is 0 Å². The van der Waals surface area contributed by atoms with Crippen molar-refractivity contribution in [2.45, 2.75) is 0 Å². The molecular formula is C7H6N4O3. The van der Waals surface area contributed by atoms with Crippen molar-refractivity contribution in [1.82, 2.24) is 10.3 Å². The number of fused-ring (bicyclic) bond motifs is 1. The molecule has 2 rings (SSSR count). The van der Waals surface area contributed by atoms with E-state index in [1.807, 2.05) is 0 Å². The van der Waals surface area contributed by atoms with Crippen LogP contribution in [0.4, 0.5) is 0 Å². The fourth-order valence-electron chi connectivity index (χ4n) is 1.10. The summed E-state index contributed by atoms with van der Waals surface area (Å²) in [6.07, 6.45) is 0. The van der Waals surface area contributed by atoms with E-state index in [4.69, 9.17) is 4.74 Å². The quantitative estimate of drug-likeness (QED) is 0.425. The van der Waals surface area contributed by atoms with Gasteiger partial charge in [-0.2, -0.15) is 0 Å². The Hall–Kier alpha value is -2.18. The maximum atomic E-state index is 11.1. The normalized spacial score (nSPS) is 10.4. The third kappa shape index (κ3) is 1.24. The van der Waals surface area contributed by atoms with Crippen molar-refractivity contribution in [3.63, 3.8) is 0 Å². The molecule has 0 fully saturated rings. The van der Waals surface area contributed by atoms with Crippen molar-refractivity contribution in [2.24, 2.45) is 0 Å². The molecule has 0 unspecified atom stereocenters. The lowest BCUT2D eigenvalue weighted by Crippen LogP contribution is -2.50. The molecule has 0 saturated heterocycles. The van der Waals surface area contributed by atoms with Gasteiger partial charge in [0.2, 0.25) is 5.52 Å². The van der Waals surface area contributed by atoms with Crippen LogP contribution in [0.25, 0.3) is 11.0 Å². The molecule has 1 aromatic heterocycles. The van der Waals surface area contributed by atoms with Crippen LogP contribution in [0.15, 0.2) is 18.2 Å². The summed E-state index contributed by atoms with van der Waals surface area (Å²) >= 11 is 0. The van der Waals surface area contributed by atoms with Gasteiger partial charge in [0.05, 0.1) is 12.2 Å². The number of ether oxygens (including phenoxy) is 1. The Bertz CT molecular complexity index is 488. The minimum atomic E-state index is -0.0330. The van der Waals surface area contributed by atoms with Gasteiger partial charge in [-0.25, -0.2) is 0 Å². The van der Waals surface area contributed by atoms with Crippen LogP contribution in [-0.4, -0.2) is 17.4 Å². The van der Waals surface area contributed by atoms with E-state index in [2.05, 4.69) is 10.3 Å². The lowest BCUT2D eigenvalue weighted by Gasteiger charge is -1.98. The van der Waals surface area contributed by atoms with Gasteiger partial charge in [-0.3, -0.25) is 0 Å². The lowest BCUT2D eigenvalue weighted by molar-refractivity contribution is -0.863. The number of nitrogens with zero attached hydrogens (tertiary/aromatic N) is 4. The maximum absolute atomic E-state index is 11.1. The van der Waals surface area contributed by atoms with Gasteiger partial charge in [0.15, 0.2) is 0 Å². The molecule has 7 nitrogen and oxygen atoms in total. The average molecular weight is 194 g/mol.